The number of anilines is 1. The van der Waals surface area contributed by atoms with Crippen molar-refractivity contribution in [2.45, 2.75) is 31.8 Å². The van der Waals surface area contributed by atoms with E-state index >= 15 is 0 Å². The van der Waals surface area contributed by atoms with Gasteiger partial charge in [0.1, 0.15) is 5.82 Å². The van der Waals surface area contributed by atoms with Gasteiger partial charge < -0.3 is 9.84 Å². The number of carbonyl (C=O) groups is 2. The zero-order valence-electron chi connectivity index (χ0n) is 23.9. The van der Waals surface area contributed by atoms with Crippen molar-refractivity contribution in [3.63, 3.8) is 0 Å². The molecule has 1 saturated heterocycles. The SMILES string of the molecule is COc1cc(Br)cc([C@H]2C3=CCn4c(=O)n(-c5ccccc5)c(=O)n4[C@@H]3C[C@H]3C(=O)N(c4ccc(F)c(Cl)c4)C(=O)[C@@]23C)c1O. The van der Waals surface area contributed by atoms with E-state index in [9.17, 15) is 28.7 Å². The number of phenolic OH excluding ortho intramolecular Hbond substituents is 1. The normalized spacial score (nSPS) is 23.8. The standard InChI is InChI=1S/C32H25BrClFN4O6/c1-32-21(28(41)37(29(32)42)18-8-9-23(35)22(34)14-18)15-24-19(26(32)20-12-16(33)13-25(45-2)27(20)40)10-11-36-30(43)38(31(44)39(24)36)17-6-4-3-5-7-17/h3-10,12-14,21,24,26,40H,11,15H2,1-2H3/t21-,24+,26+,32+/m0/s1. The second-order valence-electron chi connectivity index (χ2n) is 11.5. The van der Waals surface area contributed by atoms with E-state index in [4.69, 9.17) is 16.3 Å². The molecular weight excluding hydrogens is 671 g/mol. The highest BCUT2D eigenvalue weighted by Gasteiger charge is 2.66. The van der Waals surface area contributed by atoms with Gasteiger partial charge in [-0.3, -0.25) is 9.59 Å². The smallest absolute Gasteiger partial charge is 0.352 e. The molecule has 0 bridgehead atoms. The molecule has 230 valence electrons. The van der Waals surface area contributed by atoms with Gasteiger partial charge in [-0.05, 0) is 61.4 Å². The molecule has 3 heterocycles. The molecule has 45 heavy (non-hydrogen) atoms. The number of imide groups is 1. The highest BCUT2D eigenvalue weighted by Crippen LogP contribution is 2.63. The third kappa shape index (κ3) is 4.04. The molecule has 13 heteroatoms. The zero-order chi connectivity index (χ0) is 31.9. The number of carbonyl (C=O) groups excluding carboxylic acids is 2. The third-order valence-corrected chi connectivity index (χ3v) is 10.1. The topological polar surface area (TPSA) is 116 Å². The summed E-state index contributed by atoms with van der Waals surface area (Å²) in [5, 5.41) is 11.2. The molecule has 2 amide bonds. The predicted octanol–water partition coefficient (Wildman–Crippen LogP) is 4.93. The average molecular weight is 696 g/mol. The highest BCUT2D eigenvalue weighted by atomic mass is 79.9. The molecule has 0 radical (unpaired) electrons. The van der Waals surface area contributed by atoms with Crippen LogP contribution >= 0.6 is 27.5 Å². The minimum atomic E-state index is -1.46. The number of rotatable bonds is 4. The Kier molecular flexibility index (Phi) is 6.71. The molecule has 3 aromatic carbocycles. The van der Waals surface area contributed by atoms with E-state index < -0.39 is 52.3 Å². The van der Waals surface area contributed by atoms with E-state index in [1.165, 1.54) is 28.6 Å². The maximum Gasteiger partial charge on any atom is 0.352 e. The fraction of sp³-hybridized carbons (Fsp3) is 0.250. The van der Waals surface area contributed by atoms with E-state index in [1.54, 1.807) is 55.5 Å². The first-order valence-electron chi connectivity index (χ1n) is 14.1. The first-order valence-corrected chi connectivity index (χ1v) is 15.3. The van der Waals surface area contributed by atoms with E-state index in [1.807, 2.05) is 0 Å². The Morgan fingerprint density at radius 2 is 1.76 bits per heavy atom. The summed E-state index contributed by atoms with van der Waals surface area (Å²) in [5.41, 5.74) is -1.22. The molecule has 2 aliphatic heterocycles. The van der Waals surface area contributed by atoms with Gasteiger partial charge in [0.25, 0.3) is 0 Å². The fourth-order valence-corrected chi connectivity index (χ4v) is 7.89. The van der Waals surface area contributed by atoms with Crippen LogP contribution in [0.4, 0.5) is 10.1 Å². The van der Waals surface area contributed by atoms with Crippen molar-refractivity contribution in [2.24, 2.45) is 11.3 Å². The zero-order valence-corrected chi connectivity index (χ0v) is 26.3. The number of para-hydroxylation sites is 1. The number of methoxy groups -OCH3 is 1. The van der Waals surface area contributed by atoms with Gasteiger partial charge in [0.15, 0.2) is 11.5 Å². The van der Waals surface area contributed by atoms with Gasteiger partial charge in [-0.25, -0.2) is 32.8 Å². The van der Waals surface area contributed by atoms with Crippen LogP contribution in [0.2, 0.25) is 5.02 Å². The van der Waals surface area contributed by atoms with Crippen molar-refractivity contribution in [2.75, 3.05) is 12.0 Å². The molecule has 1 aromatic heterocycles. The van der Waals surface area contributed by atoms with Crippen molar-refractivity contribution in [1.29, 1.82) is 0 Å². The van der Waals surface area contributed by atoms with Crippen LogP contribution in [0.25, 0.3) is 5.69 Å². The second kappa shape index (κ2) is 10.3. The van der Waals surface area contributed by atoms with Crippen LogP contribution in [-0.2, 0) is 16.1 Å². The summed E-state index contributed by atoms with van der Waals surface area (Å²) >= 11 is 9.53. The summed E-state index contributed by atoms with van der Waals surface area (Å²) in [6.45, 7) is 1.68. The lowest BCUT2D eigenvalue weighted by Gasteiger charge is -2.47. The van der Waals surface area contributed by atoms with Crippen molar-refractivity contribution >= 4 is 45.0 Å². The quantitative estimate of drug-likeness (QED) is 0.239. The Labute approximate surface area is 268 Å². The molecule has 0 unspecified atom stereocenters. The molecule has 1 saturated carbocycles. The summed E-state index contributed by atoms with van der Waals surface area (Å²) in [4.78, 5) is 57.4. The summed E-state index contributed by atoms with van der Waals surface area (Å²) in [5.74, 6) is -3.86. The molecule has 3 aliphatic rings. The number of phenols is 1. The predicted molar refractivity (Wildman–Crippen MR) is 167 cm³/mol. The van der Waals surface area contributed by atoms with Crippen LogP contribution < -0.4 is 21.0 Å². The van der Waals surface area contributed by atoms with Gasteiger partial charge >= 0.3 is 11.4 Å². The lowest BCUT2D eigenvalue weighted by Crippen LogP contribution is -2.49. The number of halogens is 3. The van der Waals surface area contributed by atoms with Gasteiger partial charge in [-0.1, -0.05) is 51.8 Å². The maximum absolute atomic E-state index is 14.5. The number of allylic oxidation sites excluding steroid dienone is 2. The van der Waals surface area contributed by atoms with E-state index in [0.29, 0.717) is 21.3 Å². The number of hydrogen-bond acceptors (Lipinski definition) is 6. The Balaban J connectivity index is 1.47. The number of aromatic nitrogens is 3. The van der Waals surface area contributed by atoms with Gasteiger partial charge in [0.05, 0.1) is 47.4 Å². The Bertz CT molecular complexity index is 2090. The largest absolute Gasteiger partial charge is 0.504 e. The first-order chi connectivity index (χ1) is 21.5. The molecule has 4 aromatic rings. The molecule has 0 spiro atoms. The molecular formula is C32H25BrClFN4O6. The molecule has 2 fully saturated rings. The lowest BCUT2D eigenvalue weighted by atomic mass is 9.56. The third-order valence-electron chi connectivity index (χ3n) is 9.31. The second-order valence-corrected chi connectivity index (χ2v) is 12.8. The molecule has 4 atom stereocenters. The summed E-state index contributed by atoms with van der Waals surface area (Å²) in [6.07, 6.45) is 1.80. The van der Waals surface area contributed by atoms with Gasteiger partial charge in [-0.15, -0.1) is 0 Å². The minimum Gasteiger partial charge on any atom is -0.504 e. The molecule has 7 rings (SSSR count). The van der Waals surface area contributed by atoms with Crippen LogP contribution in [0, 0.1) is 17.2 Å². The fourth-order valence-electron chi connectivity index (χ4n) is 7.26. The van der Waals surface area contributed by atoms with Crippen LogP contribution in [-0.4, -0.2) is 38.0 Å². The van der Waals surface area contributed by atoms with E-state index in [2.05, 4.69) is 15.9 Å². The number of fused-ring (bicyclic) bond motifs is 4. The monoisotopic (exact) mass is 694 g/mol. The molecule has 10 nitrogen and oxygen atoms in total. The van der Waals surface area contributed by atoms with Crippen molar-refractivity contribution in [3.8, 4) is 17.2 Å². The number of benzene rings is 3. The van der Waals surface area contributed by atoms with Crippen molar-refractivity contribution in [1.82, 2.24) is 13.9 Å². The summed E-state index contributed by atoms with van der Waals surface area (Å²) in [7, 11) is 1.40. The number of amides is 2. The molecule has 1 aliphatic carbocycles. The minimum absolute atomic E-state index is 0.0128. The number of hydrogen-bond donors (Lipinski definition) is 1. The average Bonchev–Trinajstić information content (AvgIpc) is 3.39. The van der Waals surface area contributed by atoms with Crippen LogP contribution in [0.5, 0.6) is 11.5 Å². The summed E-state index contributed by atoms with van der Waals surface area (Å²) < 4.78 is 23.8. The number of aromatic hydroxyl groups is 1. The Hall–Kier alpha value is -4.42. The first kappa shape index (κ1) is 29.3. The summed E-state index contributed by atoms with van der Waals surface area (Å²) in [6, 6.07) is 14.5. The van der Waals surface area contributed by atoms with E-state index in [0.717, 1.165) is 15.5 Å². The number of nitrogens with zero attached hydrogens (tertiary/aromatic N) is 4. The molecule has 1 N–H and O–H groups in total. The van der Waals surface area contributed by atoms with Crippen molar-refractivity contribution in [3.05, 3.63) is 114 Å². The van der Waals surface area contributed by atoms with Gasteiger partial charge in [0.2, 0.25) is 11.8 Å². The van der Waals surface area contributed by atoms with Crippen LogP contribution in [0.15, 0.2) is 86.4 Å². The van der Waals surface area contributed by atoms with Gasteiger partial charge in [0, 0.05) is 16.0 Å². The Morgan fingerprint density at radius 1 is 1.02 bits per heavy atom. The Morgan fingerprint density at radius 3 is 2.44 bits per heavy atom. The lowest BCUT2D eigenvalue weighted by molar-refractivity contribution is -0.129. The van der Waals surface area contributed by atoms with Gasteiger partial charge in [-0.2, -0.15) is 0 Å². The van der Waals surface area contributed by atoms with Crippen molar-refractivity contribution < 1.29 is 23.8 Å². The number of ether oxygens (including phenoxy) is 1. The van der Waals surface area contributed by atoms with Crippen LogP contribution in [0.3, 0.4) is 0 Å². The maximum atomic E-state index is 14.5. The van der Waals surface area contributed by atoms with Crippen LogP contribution in [0.1, 0.15) is 30.9 Å². The highest BCUT2D eigenvalue weighted by molar-refractivity contribution is 9.10. The van der Waals surface area contributed by atoms with E-state index in [-0.39, 0.29) is 35.2 Å².